The molecular formula is C12H17FN+. The van der Waals surface area contributed by atoms with Gasteiger partial charge in [-0.2, -0.15) is 0 Å². The van der Waals surface area contributed by atoms with Gasteiger partial charge in [-0.15, -0.1) is 0 Å². The van der Waals surface area contributed by atoms with Gasteiger partial charge in [-0.25, -0.2) is 4.39 Å². The van der Waals surface area contributed by atoms with Crippen molar-refractivity contribution in [3.05, 3.63) is 48.3 Å². The summed E-state index contributed by atoms with van der Waals surface area (Å²) in [4.78, 5) is 0. The third kappa shape index (κ3) is 3.30. The lowest BCUT2D eigenvalue weighted by Crippen LogP contribution is -2.38. The molecule has 0 N–H and O–H groups in total. The summed E-state index contributed by atoms with van der Waals surface area (Å²) >= 11 is 0. The van der Waals surface area contributed by atoms with Gasteiger partial charge < -0.3 is 4.48 Å². The van der Waals surface area contributed by atoms with E-state index in [1.807, 2.05) is 18.2 Å². The summed E-state index contributed by atoms with van der Waals surface area (Å²) in [6, 6.07) is 6.67. The van der Waals surface area contributed by atoms with E-state index in [1.54, 1.807) is 0 Å². The number of nitrogens with zero attached hydrogens (tertiary/aromatic N) is 1. The van der Waals surface area contributed by atoms with Crippen LogP contribution in [0.4, 0.5) is 4.39 Å². The van der Waals surface area contributed by atoms with Gasteiger partial charge in [0.25, 0.3) is 0 Å². The van der Waals surface area contributed by atoms with Gasteiger partial charge in [0, 0.05) is 5.56 Å². The fraction of sp³-hybridized carbons (Fsp3) is 0.333. The van der Waals surface area contributed by atoms with Gasteiger partial charge in [-0.3, -0.25) is 0 Å². The predicted molar refractivity (Wildman–Crippen MR) is 57.3 cm³/mol. The molecule has 76 valence electrons. The summed E-state index contributed by atoms with van der Waals surface area (Å²) in [5.74, 6) is -0.178. The van der Waals surface area contributed by atoms with Crippen molar-refractivity contribution in [1.29, 1.82) is 0 Å². The molecule has 0 fully saturated rings. The number of quaternary nitrogens is 1. The molecule has 0 saturated heterocycles. The minimum atomic E-state index is -0.178. The molecule has 0 spiro atoms. The number of hydrogen-bond donors (Lipinski definition) is 0. The van der Waals surface area contributed by atoms with Crippen LogP contribution in [0.25, 0.3) is 0 Å². The Morgan fingerprint density at radius 3 is 2.36 bits per heavy atom. The number of hydrogen-bond acceptors (Lipinski definition) is 0. The molecule has 1 aromatic carbocycles. The molecule has 0 amide bonds. The van der Waals surface area contributed by atoms with Gasteiger partial charge in [0.05, 0.1) is 20.6 Å². The third-order valence-electron chi connectivity index (χ3n) is 2.15. The van der Waals surface area contributed by atoms with Crippen molar-refractivity contribution in [3.63, 3.8) is 0 Å². The van der Waals surface area contributed by atoms with E-state index in [-0.39, 0.29) is 5.82 Å². The van der Waals surface area contributed by atoms with Crippen LogP contribution in [0.15, 0.2) is 36.9 Å². The molecule has 0 unspecified atom stereocenters. The van der Waals surface area contributed by atoms with E-state index in [0.717, 1.165) is 23.1 Å². The van der Waals surface area contributed by atoms with E-state index < -0.39 is 0 Å². The van der Waals surface area contributed by atoms with Crippen molar-refractivity contribution in [2.45, 2.75) is 6.54 Å². The topological polar surface area (TPSA) is 0 Å². The van der Waals surface area contributed by atoms with E-state index >= 15 is 0 Å². The monoisotopic (exact) mass is 194 g/mol. The summed E-state index contributed by atoms with van der Waals surface area (Å²) in [6.07, 6.45) is 1.91. The Morgan fingerprint density at radius 1 is 1.29 bits per heavy atom. The van der Waals surface area contributed by atoms with Crippen LogP contribution in [0.5, 0.6) is 0 Å². The van der Waals surface area contributed by atoms with Gasteiger partial charge >= 0.3 is 0 Å². The Morgan fingerprint density at radius 2 is 1.86 bits per heavy atom. The molecular weight excluding hydrogens is 177 g/mol. The van der Waals surface area contributed by atoms with Crippen molar-refractivity contribution in [2.75, 3.05) is 20.6 Å². The van der Waals surface area contributed by atoms with Crippen LogP contribution in [-0.4, -0.2) is 25.1 Å². The number of halogens is 1. The van der Waals surface area contributed by atoms with E-state index in [2.05, 4.69) is 20.7 Å². The Balaban J connectivity index is 2.68. The van der Waals surface area contributed by atoms with Gasteiger partial charge in [-0.05, 0) is 18.2 Å². The standard InChI is InChI=1S/C12H17FN/c1-4-9-14(2,3)10-11-5-7-12(13)8-6-11/h4-8H,1,9-10H2,2-3H3/q+1. The molecule has 14 heavy (non-hydrogen) atoms. The van der Waals surface area contributed by atoms with Gasteiger partial charge in [-0.1, -0.05) is 18.7 Å². The van der Waals surface area contributed by atoms with Crippen LogP contribution in [0, 0.1) is 5.82 Å². The second-order valence-corrected chi connectivity index (χ2v) is 4.19. The SMILES string of the molecule is C=CC[N+](C)(C)Cc1ccc(F)cc1. The Labute approximate surface area is 85.1 Å². The highest BCUT2D eigenvalue weighted by Crippen LogP contribution is 2.10. The normalized spacial score (nSPS) is 11.4. The molecule has 0 aromatic heterocycles. The smallest absolute Gasteiger partial charge is 0.123 e. The highest BCUT2D eigenvalue weighted by Gasteiger charge is 2.13. The zero-order chi connectivity index (χ0) is 10.6. The fourth-order valence-electron chi connectivity index (χ4n) is 1.50. The van der Waals surface area contributed by atoms with E-state index in [4.69, 9.17) is 0 Å². The quantitative estimate of drug-likeness (QED) is 0.510. The van der Waals surface area contributed by atoms with Crippen LogP contribution >= 0.6 is 0 Å². The number of rotatable bonds is 4. The lowest BCUT2D eigenvalue weighted by molar-refractivity contribution is -0.897. The van der Waals surface area contributed by atoms with Gasteiger partial charge in [0.2, 0.25) is 0 Å². The van der Waals surface area contributed by atoms with Crippen LogP contribution in [0.3, 0.4) is 0 Å². The second-order valence-electron chi connectivity index (χ2n) is 4.19. The maximum Gasteiger partial charge on any atom is 0.123 e. The summed E-state index contributed by atoms with van der Waals surface area (Å²) in [5, 5.41) is 0. The van der Waals surface area contributed by atoms with E-state index in [1.165, 1.54) is 12.1 Å². The van der Waals surface area contributed by atoms with Gasteiger partial charge in [0.15, 0.2) is 0 Å². The summed E-state index contributed by atoms with van der Waals surface area (Å²) in [7, 11) is 4.26. The molecule has 1 aromatic rings. The maximum absolute atomic E-state index is 12.6. The first-order valence-corrected chi connectivity index (χ1v) is 4.71. The molecule has 0 aliphatic carbocycles. The van der Waals surface area contributed by atoms with E-state index in [0.29, 0.717) is 0 Å². The van der Waals surface area contributed by atoms with Crippen molar-refractivity contribution < 1.29 is 8.87 Å². The highest BCUT2D eigenvalue weighted by atomic mass is 19.1. The lowest BCUT2D eigenvalue weighted by Gasteiger charge is -2.28. The van der Waals surface area contributed by atoms with Crippen molar-refractivity contribution >= 4 is 0 Å². The largest absolute Gasteiger partial charge is 0.321 e. The zero-order valence-electron chi connectivity index (χ0n) is 8.83. The van der Waals surface area contributed by atoms with Crippen LogP contribution < -0.4 is 0 Å². The number of benzene rings is 1. The Hall–Kier alpha value is -1.15. The minimum Gasteiger partial charge on any atom is -0.321 e. The predicted octanol–water partition coefficient (Wildman–Crippen LogP) is 2.59. The zero-order valence-corrected chi connectivity index (χ0v) is 8.83. The van der Waals surface area contributed by atoms with Crippen LogP contribution in [0.2, 0.25) is 0 Å². The second kappa shape index (κ2) is 4.38. The minimum absolute atomic E-state index is 0.178. The molecule has 0 bridgehead atoms. The Kier molecular flexibility index (Phi) is 3.42. The summed E-state index contributed by atoms with van der Waals surface area (Å²) in [5.41, 5.74) is 1.15. The average molecular weight is 194 g/mol. The summed E-state index contributed by atoms with van der Waals surface area (Å²) in [6.45, 7) is 5.54. The van der Waals surface area contributed by atoms with Crippen molar-refractivity contribution in [3.8, 4) is 0 Å². The first-order chi connectivity index (χ1) is 6.53. The van der Waals surface area contributed by atoms with Crippen LogP contribution in [-0.2, 0) is 6.54 Å². The Bertz CT molecular complexity index is 301. The third-order valence-corrected chi connectivity index (χ3v) is 2.15. The molecule has 1 nitrogen and oxygen atoms in total. The summed E-state index contributed by atoms with van der Waals surface area (Å²) < 4.78 is 13.5. The average Bonchev–Trinajstić information content (AvgIpc) is 2.08. The number of likely N-dealkylation sites (N-methyl/N-ethyl adjacent to an activating group) is 1. The van der Waals surface area contributed by atoms with Crippen molar-refractivity contribution in [1.82, 2.24) is 0 Å². The molecule has 0 aliphatic rings. The molecule has 0 radical (unpaired) electrons. The van der Waals surface area contributed by atoms with E-state index in [9.17, 15) is 4.39 Å². The molecule has 0 aliphatic heterocycles. The van der Waals surface area contributed by atoms with Gasteiger partial charge in [0.1, 0.15) is 12.4 Å². The first-order valence-electron chi connectivity index (χ1n) is 4.71. The maximum atomic E-state index is 12.6. The first kappa shape index (κ1) is 10.9. The van der Waals surface area contributed by atoms with Crippen molar-refractivity contribution in [2.24, 2.45) is 0 Å². The lowest BCUT2D eigenvalue weighted by atomic mass is 10.2. The molecule has 0 saturated carbocycles. The van der Waals surface area contributed by atoms with Crippen LogP contribution in [0.1, 0.15) is 5.56 Å². The molecule has 0 atom stereocenters. The highest BCUT2D eigenvalue weighted by molar-refractivity contribution is 5.14. The molecule has 1 rings (SSSR count). The fourth-order valence-corrected chi connectivity index (χ4v) is 1.50. The molecule has 2 heteroatoms. The molecule has 0 heterocycles.